The second kappa shape index (κ2) is 8.65. The predicted octanol–water partition coefficient (Wildman–Crippen LogP) is 4.27. The molecule has 1 aliphatic heterocycles. The van der Waals surface area contributed by atoms with Crippen LogP contribution < -0.4 is 20.5 Å². The monoisotopic (exact) mass is 411 g/mol. The number of rotatable bonds is 5. The smallest absolute Gasteiger partial charge is 0.408 e. The molecule has 7 nitrogen and oxygen atoms in total. The van der Waals surface area contributed by atoms with Gasteiger partial charge in [-0.15, -0.1) is 0 Å². The number of methoxy groups -OCH3 is 1. The summed E-state index contributed by atoms with van der Waals surface area (Å²) in [4.78, 5) is 16.9. The van der Waals surface area contributed by atoms with Gasteiger partial charge < -0.3 is 25.3 Å². The molecule has 2 unspecified atom stereocenters. The standard InChI is InChI=1S/C23H29N3O4/c1-14-21(24)25-19-13-16(8-11-20(19)29-14)18(26-22(27)30-23(2,3)4)12-15-6-9-17(28-5)10-7-15/h6-11,13-14,18H,12H2,1-5H3,(H2,24,25)(H,26,27). The fraction of sp³-hybridized carbons (Fsp3) is 0.391. The molecule has 0 radical (unpaired) electrons. The van der Waals surface area contributed by atoms with E-state index in [-0.39, 0.29) is 12.1 Å². The van der Waals surface area contributed by atoms with Crippen LogP contribution in [0.15, 0.2) is 47.5 Å². The van der Waals surface area contributed by atoms with Gasteiger partial charge >= 0.3 is 6.09 Å². The number of amidine groups is 1. The van der Waals surface area contributed by atoms with Crippen molar-refractivity contribution in [3.63, 3.8) is 0 Å². The first-order valence-electron chi connectivity index (χ1n) is 9.92. The average Bonchev–Trinajstić information content (AvgIpc) is 2.67. The van der Waals surface area contributed by atoms with Crippen molar-refractivity contribution in [2.24, 2.45) is 10.7 Å². The predicted molar refractivity (Wildman–Crippen MR) is 117 cm³/mol. The highest BCUT2D eigenvalue weighted by atomic mass is 16.6. The van der Waals surface area contributed by atoms with Gasteiger partial charge in [-0.3, -0.25) is 0 Å². The number of ether oxygens (including phenoxy) is 3. The van der Waals surface area contributed by atoms with E-state index in [0.29, 0.717) is 23.7 Å². The van der Waals surface area contributed by atoms with E-state index in [9.17, 15) is 4.79 Å². The van der Waals surface area contributed by atoms with Crippen LogP contribution in [-0.4, -0.2) is 30.7 Å². The lowest BCUT2D eigenvalue weighted by molar-refractivity contribution is 0.0503. The zero-order chi connectivity index (χ0) is 21.9. The third-order valence-electron chi connectivity index (χ3n) is 4.65. The Bertz CT molecular complexity index is 932. The van der Waals surface area contributed by atoms with Gasteiger partial charge in [0, 0.05) is 0 Å². The Morgan fingerprint density at radius 1 is 1.23 bits per heavy atom. The first-order chi connectivity index (χ1) is 14.1. The van der Waals surface area contributed by atoms with Crippen LogP contribution in [0.25, 0.3) is 0 Å². The van der Waals surface area contributed by atoms with E-state index in [2.05, 4.69) is 10.3 Å². The minimum atomic E-state index is -0.590. The van der Waals surface area contributed by atoms with Crippen molar-refractivity contribution in [1.29, 1.82) is 0 Å². The number of fused-ring (bicyclic) bond motifs is 1. The number of amides is 1. The van der Waals surface area contributed by atoms with Crippen molar-refractivity contribution in [2.75, 3.05) is 7.11 Å². The number of nitrogens with two attached hydrogens (primary N) is 1. The largest absolute Gasteiger partial charge is 0.497 e. The summed E-state index contributed by atoms with van der Waals surface area (Å²) in [6.45, 7) is 7.35. The Morgan fingerprint density at radius 3 is 2.57 bits per heavy atom. The zero-order valence-electron chi connectivity index (χ0n) is 18.1. The number of carbonyl (C=O) groups excluding carboxylic acids is 1. The molecule has 30 heavy (non-hydrogen) atoms. The molecule has 160 valence electrons. The minimum Gasteiger partial charge on any atom is -0.497 e. The van der Waals surface area contributed by atoms with E-state index in [1.54, 1.807) is 7.11 Å². The highest BCUT2D eigenvalue weighted by Crippen LogP contribution is 2.35. The topological polar surface area (TPSA) is 95.2 Å². The van der Waals surface area contributed by atoms with Gasteiger partial charge in [-0.25, -0.2) is 9.79 Å². The third-order valence-corrected chi connectivity index (χ3v) is 4.65. The normalized spacial score (nSPS) is 16.6. The third kappa shape index (κ3) is 5.43. The van der Waals surface area contributed by atoms with Crippen LogP contribution in [0, 0.1) is 0 Å². The Morgan fingerprint density at radius 2 is 1.93 bits per heavy atom. The summed E-state index contributed by atoms with van der Waals surface area (Å²) < 4.78 is 16.5. The van der Waals surface area contributed by atoms with Gasteiger partial charge in [-0.1, -0.05) is 18.2 Å². The maximum absolute atomic E-state index is 12.5. The number of alkyl carbamates (subject to hydrolysis) is 1. The van der Waals surface area contributed by atoms with Crippen molar-refractivity contribution in [3.8, 4) is 11.5 Å². The molecule has 3 rings (SSSR count). The summed E-state index contributed by atoms with van der Waals surface area (Å²) in [7, 11) is 1.63. The summed E-state index contributed by atoms with van der Waals surface area (Å²) in [6, 6.07) is 13.1. The van der Waals surface area contributed by atoms with Crippen LogP contribution >= 0.6 is 0 Å². The molecule has 0 saturated heterocycles. The fourth-order valence-electron chi connectivity index (χ4n) is 3.12. The molecule has 1 amide bonds. The van der Waals surface area contributed by atoms with Crippen LogP contribution in [0.5, 0.6) is 11.5 Å². The first kappa shape index (κ1) is 21.5. The highest BCUT2D eigenvalue weighted by Gasteiger charge is 2.24. The van der Waals surface area contributed by atoms with Crippen molar-refractivity contribution in [3.05, 3.63) is 53.6 Å². The Balaban J connectivity index is 1.89. The molecule has 0 fully saturated rings. The summed E-state index contributed by atoms with van der Waals surface area (Å²) in [5, 5.41) is 2.98. The SMILES string of the molecule is COc1ccc(CC(NC(=O)OC(C)(C)C)c2ccc3c(c2)N=C(N)C(C)O3)cc1. The number of carbonyl (C=O) groups is 1. The summed E-state index contributed by atoms with van der Waals surface area (Å²) in [5.41, 5.74) is 7.92. The number of benzene rings is 2. The Kier molecular flexibility index (Phi) is 6.20. The second-order valence-electron chi connectivity index (χ2n) is 8.27. The number of hydrogen-bond acceptors (Lipinski definition) is 6. The van der Waals surface area contributed by atoms with Gasteiger partial charge in [0.15, 0.2) is 6.10 Å². The lowest BCUT2D eigenvalue weighted by Crippen LogP contribution is -2.36. The van der Waals surface area contributed by atoms with E-state index in [0.717, 1.165) is 16.9 Å². The van der Waals surface area contributed by atoms with Crippen molar-refractivity contribution < 1.29 is 19.0 Å². The maximum atomic E-state index is 12.5. The molecule has 0 spiro atoms. The molecule has 1 heterocycles. The van der Waals surface area contributed by atoms with E-state index >= 15 is 0 Å². The van der Waals surface area contributed by atoms with Crippen LogP contribution in [0.4, 0.5) is 10.5 Å². The van der Waals surface area contributed by atoms with Crippen LogP contribution in [0.3, 0.4) is 0 Å². The van der Waals surface area contributed by atoms with Crippen LogP contribution in [-0.2, 0) is 11.2 Å². The number of nitrogens with one attached hydrogen (secondary N) is 1. The van der Waals surface area contributed by atoms with Gasteiger partial charge in [-0.2, -0.15) is 0 Å². The molecule has 7 heteroatoms. The quantitative estimate of drug-likeness (QED) is 0.766. The summed E-state index contributed by atoms with van der Waals surface area (Å²) >= 11 is 0. The lowest BCUT2D eigenvalue weighted by atomic mass is 9.98. The Labute approximate surface area is 177 Å². The maximum Gasteiger partial charge on any atom is 0.408 e. The van der Waals surface area contributed by atoms with E-state index in [1.165, 1.54) is 0 Å². The molecule has 2 atom stereocenters. The summed E-state index contributed by atoms with van der Waals surface area (Å²) in [5.74, 6) is 1.87. The molecule has 3 N–H and O–H groups in total. The molecule has 2 aromatic carbocycles. The summed E-state index contributed by atoms with van der Waals surface area (Å²) in [6.07, 6.45) is -0.177. The highest BCUT2D eigenvalue weighted by molar-refractivity contribution is 5.89. The van der Waals surface area contributed by atoms with Crippen LogP contribution in [0.1, 0.15) is 44.9 Å². The first-order valence-corrected chi connectivity index (χ1v) is 9.92. The molecule has 1 aliphatic rings. The van der Waals surface area contributed by atoms with Gasteiger partial charge in [0.05, 0.1) is 13.2 Å². The van der Waals surface area contributed by atoms with Gasteiger partial charge in [0.1, 0.15) is 28.6 Å². The molecular formula is C23H29N3O4. The molecule has 0 bridgehead atoms. The number of nitrogens with zero attached hydrogens (tertiary/aromatic N) is 1. The molecule has 2 aromatic rings. The van der Waals surface area contributed by atoms with Crippen LogP contribution in [0.2, 0.25) is 0 Å². The van der Waals surface area contributed by atoms with Gasteiger partial charge in [-0.05, 0) is 69.5 Å². The minimum absolute atomic E-state index is 0.265. The van der Waals surface area contributed by atoms with E-state index in [4.69, 9.17) is 19.9 Å². The van der Waals surface area contributed by atoms with E-state index < -0.39 is 11.7 Å². The van der Waals surface area contributed by atoms with Gasteiger partial charge in [0.25, 0.3) is 0 Å². The lowest BCUT2D eigenvalue weighted by Gasteiger charge is -2.26. The molecule has 0 aliphatic carbocycles. The number of aliphatic imine (C=N–C) groups is 1. The molecule has 0 aromatic heterocycles. The Hall–Kier alpha value is -3.22. The van der Waals surface area contributed by atoms with Crippen molar-refractivity contribution >= 4 is 17.6 Å². The molecular weight excluding hydrogens is 382 g/mol. The van der Waals surface area contributed by atoms with Crippen molar-refractivity contribution in [2.45, 2.75) is 51.9 Å². The second-order valence-corrected chi connectivity index (χ2v) is 8.27. The zero-order valence-corrected chi connectivity index (χ0v) is 18.1. The molecule has 0 saturated carbocycles. The average molecular weight is 412 g/mol. The van der Waals surface area contributed by atoms with Gasteiger partial charge in [0.2, 0.25) is 0 Å². The van der Waals surface area contributed by atoms with E-state index in [1.807, 2.05) is 70.2 Å². The fourth-order valence-corrected chi connectivity index (χ4v) is 3.12. The van der Waals surface area contributed by atoms with Crippen molar-refractivity contribution in [1.82, 2.24) is 5.32 Å². The number of hydrogen-bond donors (Lipinski definition) is 2.